The fourth-order valence-electron chi connectivity index (χ4n) is 2.24. The van der Waals surface area contributed by atoms with E-state index in [2.05, 4.69) is 13.0 Å². The average Bonchev–Trinajstić information content (AvgIpc) is 2.50. The standard InChI is InChI=1S/C12H10OSe/c1-7-8-5-6-10(13)9-3-2-4-11(14-7)12(8)9/h2-4H,5-6H2,1H3. The van der Waals surface area contributed by atoms with Crippen LogP contribution in [0.25, 0.3) is 9.65 Å². The Balaban J connectivity index is 2.53. The van der Waals surface area contributed by atoms with Gasteiger partial charge in [-0.1, -0.05) is 0 Å². The molecule has 0 radical (unpaired) electrons. The third-order valence-electron chi connectivity index (χ3n) is 2.92. The van der Waals surface area contributed by atoms with Crippen LogP contribution in [-0.4, -0.2) is 20.3 Å². The van der Waals surface area contributed by atoms with Crippen LogP contribution in [0.4, 0.5) is 0 Å². The maximum absolute atomic E-state index is 11.7. The summed E-state index contributed by atoms with van der Waals surface area (Å²) in [5.74, 6) is 0.330. The molecule has 0 amide bonds. The molecule has 2 heteroatoms. The number of Topliss-reactive ketones (excluding diaryl/α,β-unsaturated/α-hetero) is 1. The Morgan fingerprint density at radius 3 is 3.00 bits per heavy atom. The van der Waals surface area contributed by atoms with E-state index in [4.69, 9.17) is 0 Å². The van der Waals surface area contributed by atoms with Crippen LogP contribution >= 0.6 is 0 Å². The molecule has 0 atom stereocenters. The Hall–Kier alpha value is -0.851. The molecular weight excluding hydrogens is 239 g/mol. The predicted octanol–water partition coefficient (Wildman–Crippen LogP) is 2.33. The molecule has 0 saturated heterocycles. The Morgan fingerprint density at radius 1 is 1.29 bits per heavy atom. The van der Waals surface area contributed by atoms with Gasteiger partial charge in [-0.2, -0.15) is 0 Å². The van der Waals surface area contributed by atoms with Crippen molar-refractivity contribution in [2.24, 2.45) is 0 Å². The molecule has 1 aliphatic rings. The first-order valence-electron chi connectivity index (χ1n) is 4.81. The van der Waals surface area contributed by atoms with Crippen LogP contribution in [-0.2, 0) is 6.42 Å². The van der Waals surface area contributed by atoms with Crippen LogP contribution in [0.3, 0.4) is 0 Å². The third-order valence-corrected chi connectivity index (χ3v) is 5.25. The summed E-state index contributed by atoms with van der Waals surface area (Å²) >= 11 is 0.477. The van der Waals surface area contributed by atoms with Gasteiger partial charge < -0.3 is 0 Å². The van der Waals surface area contributed by atoms with Crippen LogP contribution in [0.5, 0.6) is 0 Å². The second-order valence-corrected chi connectivity index (χ2v) is 6.37. The van der Waals surface area contributed by atoms with Crippen molar-refractivity contribution >= 4 is 29.9 Å². The quantitative estimate of drug-likeness (QED) is 0.655. The predicted molar refractivity (Wildman–Crippen MR) is 58.3 cm³/mol. The van der Waals surface area contributed by atoms with Crippen LogP contribution in [0.2, 0.25) is 0 Å². The van der Waals surface area contributed by atoms with Crippen molar-refractivity contribution in [2.75, 3.05) is 0 Å². The number of hydrogen-bond acceptors (Lipinski definition) is 1. The molecule has 1 heterocycles. The van der Waals surface area contributed by atoms with Crippen molar-refractivity contribution in [1.29, 1.82) is 0 Å². The second-order valence-electron chi connectivity index (χ2n) is 3.74. The van der Waals surface area contributed by atoms with E-state index in [-0.39, 0.29) is 0 Å². The van der Waals surface area contributed by atoms with E-state index in [0.717, 1.165) is 12.0 Å². The Labute approximate surface area is 88.5 Å². The third kappa shape index (κ3) is 0.985. The first-order chi connectivity index (χ1) is 6.77. The van der Waals surface area contributed by atoms with E-state index >= 15 is 0 Å². The Bertz CT molecular complexity index is 536. The molecule has 0 spiro atoms. The fraction of sp³-hybridized carbons (Fsp3) is 0.250. The molecule has 1 aromatic carbocycles. The molecule has 0 unspecified atom stereocenters. The minimum absolute atomic E-state index is 0.330. The molecule has 0 fully saturated rings. The number of aryl methyl sites for hydroxylation is 2. The van der Waals surface area contributed by atoms with Gasteiger partial charge in [0.15, 0.2) is 0 Å². The number of carbonyl (C=O) groups is 1. The van der Waals surface area contributed by atoms with Crippen LogP contribution in [0, 0.1) is 6.92 Å². The van der Waals surface area contributed by atoms with Gasteiger partial charge in [-0.3, -0.25) is 0 Å². The van der Waals surface area contributed by atoms with E-state index in [0.29, 0.717) is 26.7 Å². The zero-order valence-electron chi connectivity index (χ0n) is 7.96. The molecular formula is C12H10OSe. The molecule has 0 aliphatic heterocycles. The van der Waals surface area contributed by atoms with Crippen LogP contribution in [0.15, 0.2) is 18.2 Å². The Morgan fingerprint density at radius 2 is 2.14 bits per heavy atom. The number of rotatable bonds is 0. The zero-order chi connectivity index (χ0) is 9.71. The molecule has 1 aliphatic carbocycles. The summed E-state index contributed by atoms with van der Waals surface area (Å²) in [6, 6.07) is 6.18. The summed E-state index contributed by atoms with van der Waals surface area (Å²) in [6.45, 7) is 2.22. The van der Waals surface area contributed by atoms with Crippen LogP contribution < -0.4 is 0 Å². The van der Waals surface area contributed by atoms with Crippen molar-refractivity contribution in [3.8, 4) is 0 Å². The fourth-order valence-corrected chi connectivity index (χ4v) is 4.63. The second kappa shape index (κ2) is 2.82. The van der Waals surface area contributed by atoms with Crippen LogP contribution in [0.1, 0.15) is 26.8 Å². The van der Waals surface area contributed by atoms with Gasteiger partial charge in [-0.25, -0.2) is 0 Å². The van der Waals surface area contributed by atoms with Crippen molar-refractivity contribution in [3.05, 3.63) is 33.8 Å². The molecule has 70 valence electrons. The first kappa shape index (κ1) is 8.46. The molecule has 0 bridgehead atoms. The van der Waals surface area contributed by atoms with Gasteiger partial charge in [-0.05, 0) is 0 Å². The van der Waals surface area contributed by atoms with Crippen molar-refractivity contribution in [3.63, 3.8) is 0 Å². The zero-order valence-corrected chi connectivity index (χ0v) is 9.68. The van der Waals surface area contributed by atoms with Gasteiger partial charge in [0.05, 0.1) is 0 Å². The molecule has 1 aromatic heterocycles. The molecule has 0 N–H and O–H groups in total. The van der Waals surface area contributed by atoms with Crippen molar-refractivity contribution in [2.45, 2.75) is 19.8 Å². The SMILES string of the molecule is Cc1[se]c2cccc3c2c1CCC3=O. The summed E-state index contributed by atoms with van der Waals surface area (Å²) in [5, 5.41) is 1.29. The monoisotopic (exact) mass is 250 g/mol. The molecule has 2 aromatic rings. The van der Waals surface area contributed by atoms with E-state index in [1.54, 1.807) is 0 Å². The van der Waals surface area contributed by atoms with E-state index in [1.807, 2.05) is 12.1 Å². The van der Waals surface area contributed by atoms with E-state index in [1.165, 1.54) is 19.6 Å². The Kier molecular flexibility index (Phi) is 1.70. The summed E-state index contributed by atoms with van der Waals surface area (Å²) < 4.78 is 2.93. The summed E-state index contributed by atoms with van der Waals surface area (Å²) in [6.07, 6.45) is 1.68. The average molecular weight is 249 g/mol. The van der Waals surface area contributed by atoms with E-state index in [9.17, 15) is 4.79 Å². The number of carbonyl (C=O) groups excluding carboxylic acids is 1. The number of hydrogen-bond donors (Lipinski definition) is 0. The summed E-state index contributed by atoms with van der Waals surface area (Å²) in [7, 11) is 0. The summed E-state index contributed by atoms with van der Waals surface area (Å²) in [4.78, 5) is 11.7. The van der Waals surface area contributed by atoms with E-state index < -0.39 is 0 Å². The summed E-state index contributed by atoms with van der Waals surface area (Å²) in [5.41, 5.74) is 2.44. The van der Waals surface area contributed by atoms with Crippen molar-refractivity contribution < 1.29 is 4.79 Å². The number of benzene rings is 1. The molecule has 0 saturated carbocycles. The van der Waals surface area contributed by atoms with Gasteiger partial charge in [0.2, 0.25) is 0 Å². The topological polar surface area (TPSA) is 17.1 Å². The van der Waals surface area contributed by atoms with Gasteiger partial charge in [-0.15, -0.1) is 0 Å². The van der Waals surface area contributed by atoms with Gasteiger partial charge in [0.1, 0.15) is 0 Å². The molecule has 1 nitrogen and oxygen atoms in total. The van der Waals surface area contributed by atoms with Gasteiger partial charge in [0.25, 0.3) is 0 Å². The maximum atomic E-state index is 11.7. The normalized spacial score (nSPS) is 15.1. The molecule has 14 heavy (non-hydrogen) atoms. The van der Waals surface area contributed by atoms with Gasteiger partial charge in [0, 0.05) is 0 Å². The first-order valence-corrected chi connectivity index (χ1v) is 6.53. The number of ketones is 1. The van der Waals surface area contributed by atoms with Crippen molar-refractivity contribution in [1.82, 2.24) is 0 Å². The minimum atomic E-state index is 0.330. The molecule has 3 rings (SSSR count). The van der Waals surface area contributed by atoms with Gasteiger partial charge >= 0.3 is 88.3 Å².